The standard InChI is InChI=1S/C17H27NO7/c19-7-12-23-10-5-18(6-11-24-13-8-20)16-3-1-15(2-4-16)17(22)25-14-9-21/h1-4,19-21H,5-14H2. The van der Waals surface area contributed by atoms with Gasteiger partial charge in [-0.1, -0.05) is 0 Å². The molecule has 0 unspecified atom stereocenters. The Morgan fingerprint density at radius 2 is 1.32 bits per heavy atom. The summed E-state index contributed by atoms with van der Waals surface area (Å²) < 4.78 is 15.5. The first-order chi connectivity index (χ1) is 12.2. The first-order valence-electron chi connectivity index (χ1n) is 8.23. The minimum atomic E-state index is -0.482. The molecule has 0 heterocycles. The number of carbonyl (C=O) groups excluding carboxylic acids is 1. The van der Waals surface area contributed by atoms with E-state index in [1.165, 1.54) is 0 Å². The highest BCUT2D eigenvalue weighted by Gasteiger charge is 2.10. The molecule has 8 heteroatoms. The predicted octanol–water partition coefficient (Wildman–Crippen LogP) is -0.340. The Bertz CT molecular complexity index is 455. The molecule has 0 aromatic heterocycles. The van der Waals surface area contributed by atoms with Crippen molar-refractivity contribution in [3.05, 3.63) is 29.8 Å². The lowest BCUT2D eigenvalue weighted by Crippen LogP contribution is -2.31. The Morgan fingerprint density at radius 3 is 1.80 bits per heavy atom. The molecule has 1 aromatic rings. The summed E-state index contributed by atoms with van der Waals surface area (Å²) in [5.74, 6) is -0.482. The van der Waals surface area contributed by atoms with Gasteiger partial charge in [-0.15, -0.1) is 0 Å². The number of carbonyl (C=O) groups is 1. The minimum absolute atomic E-state index is 0.0236. The van der Waals surface area contributed by atoms with E-state index in [0.29, 0.717) is 31.9 Å². The van der Waals surface area contributed by atoms with Gasteiger partial charge in [-0.2, -0.15) is 0 Å². The Morgan fingerprint density at radius 1 is 0.800 bits per heavy atom. The predicted molar refractivity (Wildman–Crippen MR) is 91.8 cm³/mol. The van der Waals surface area contributed by atoms with Gasteiger partial charge >= 0.3 is 5.97 Å². The van der Waals surface area contributed by atoms with Gasteiger partial charge in [0.25, 0.3) is 0 Å². The highest BCUT2D eigenvalue weighted by atomic mass is 16.5. The van der Waals surface area contributed by atoms with Gasteiger partial charge in [-0.05, 0) is 24.3 Å². The number of hydrogen-bond donors (Lipinski definition) is 3. The highest BCUT2D eigenvalue weighted by molar-refractivity contribution is 5.89. The molecule has 0 saturated carbocycles. The van der Waals surface area contributed by atoms with Crippen molar-refractivity contribution in [2.75, 3.05) is 70.8 Å². The number of anilines is 1. The molecule has 0 aliphatic carbocycles. The number of aliphatic hydroxyl groups excluding tert-OH is 3. The van der Waals surface area contributed by atoms with E-state index >= 15 is 0 Å². The first kappa shape index (κ1) is 21.3. The smallest absolute Gasteiger partial charge is 0.338 e. The number of ether oxygens (including phenoxy) is 3. The van der Waals surface area contributed by atoms with Crippen LogP contribution >= 0.6 is 0 Å². The molecule has 1 aromatic carbocycles. The molecule has 1 rings (SSSR count). The van der Waals surface area contributed by atoms with Crippen molar-refractivity contribution in [2.45, 2.75) is 0 Å². The van der Waals surface area contributed by atoms with Crippen LogP contribution in [-0.4, -0.2) is 87.2 Å². The zero-order valence-corrected chi connectivity index (χ0v) is 14.3. The average Bonchev–Trinajstić information content (AvgIpc) is 2.65. The molecule has 142 valence electrons. The molecule has 0 aliphatic rings. The van der Waals surface area contributed by atoms with Crippen LogP contribution in [0.25, 0.3) is 0 Å². The lowest BCUT2D eigenvalue weighted by atomic mass is 10.2. The van der Waals surface area contributed by atoms with E-state index in [0.717, 1.165) is 5.69 Å². The maximum absolute atomic E-state index is 11.7. The quantitative estimate of drug-likeness (QED) is 0.307. The van der Waals surface area contributed by atoms with Crippen molar-refractivity contribution in [1.29, 1.82) is 0 Å². The molecule has 0 atom stereocenters. The average molecular weight is 357 g/mol. The summed E-state index contributed by atoms with van der Waals surface area (Å²) in [7, 11) is 0. The van der Waals surface area contributed by atoms with E-state index in [4.69, 9.17) is 29.5 Å². The fraction of sp³-hybridized carbons (Fsp3) is 0.588. The minimum Gasteiger partial charge on any atom is -0.460 e. The largest absolute Gasteiger partial charge is 0.460 e. The number of hydrogen-bond acceptors (Lipinski definition) is 8. The lowest BCUT2D eigenvalue weighted by molar-refractivity contribution is 0.0434. The fourth-order valence-corrected chi connectivity index (χ4v) is 2.08. The van der Waals surface area contributed by atoms with E-state index < -0.39 is 5.97 Å². The van der Waals surface area contributed by atoms with E-state index in [9.17, 15) is 4.79 Å². The van der Waals surface area contributed by atoms with Crippen LogP contribution in [0.3, 0.4) is 0 Å². The van der Waals surface area contributed by atoms with E-state index in [1.54, 1.807) is 24.3 Å². The Balaban J connectivity index is 2.63. The number of rotatable bonds is 14. The van der Waals surface area contributed by atoms with Gasteiger partial charge < -0.3 is 34.4 Å². The summed E-state index contributed by atoms with van der Waals surface area (Å²) in [6, 6.07) is 6.91. The van der Waals surface area contributed by atoms with Crippen molar-refractivity contribution in [2.24, 2.45) is 0 Å². The number of aliphatic hydroxyl groups is 3. The summed E-state index contributed by atoms with van der Waals surface area (Å²) in [6.45, 7) is 2.36. The Kier molecular flexibility index (Phi) is 11.6. The van der Waals surface area contributed by atoms with Crippen LogP contribution in [0.2, 0.25) is 0 Å². The third-order valence-corrected chi connectivity index (χ3v) is 3.27. The lowest BCUT2D eigenvalue weighted by Gasteiger charge is -2.25. The Hall–Kier alpha value is -1.71. The van der Waals surface area contributed by atoms with Crippen LogP contribution < -0.4 is 4.90 Å². The van der Waals surface area contributed by atoms with Gasteiger partial charge in [0.05, 0.1) is 51.8 Å². The van der Waals surface area contributed by atoms with Gasteiger partial charge in [0, 0.05) is 18.8 Å². The summed E-state index contributed by atoms with van der Waals surface area (Å²) in [6.07, 6.45) is 0. The van der Waals surface area contributed by atoms with Gasteiger partial charge in [-0.3, -0.25) is 0 Å². The molecule has 25 heavy (non-hydrogen) atoms. The topological polar surface area (TPSA) is 109 Å². The first-order valence-corrected chi connectivity index (χ1v) is 8.23. The van der Waals surface area contributed by atoms with Crippen LogP contribution in [0.4, 0.5) is 5.69 Å². The molecule has 3 N–H and O–H groups in total. The normalized spacial score (nSPS) is 10.7. The number of nitrogens with zero attached hydrogens (tertiary/aromatic N) is 1. The SMILES string of the molecule is O=C(OCCO)c1ccc(N(CCOCCO)CCOCCO)cc1. The van der Waals surface area contributed by atoms with Crippen LogP contribution in [0, 0.1) is 0 Å². The van der Waals surface area contributed by atoms with E-state index in [2.05, 4.69) is 0 Å². The van der Waals surface area contributed by atoms with Crippen molar-refractivity contribution in [3.63, 3.8) is 0 Å². The maximum atomic E-state index is 11.7. The number of benzene rings is 1. The van der Waals surface area contributed by atoms with Gasteiger partial charge in [0.1, 0.15) is 6.61 Å². The molecule has 0 aliphatic heterocycles. The fourth-order valence-electron chi connectivity index (χ4n) is 2.08. The van der Waals surface area contributed by atoms with Crippen molar-refractivity contribution >= 4 is 11.7 Å². The molecule has 8 nitrogen and oxygen atoms in total. The third kappa shape index (κ3) is 8.80. The summed E-state index contributed by atoms with van der Waals surface area (Å²) in [4.78, 5) is 13.8. The van der Waals surface area contributed by atoms with Crippen LogP contribution in [0.1, 0.15) is 10.4 Å². The van der Waals surface area contributed by atoms with Crippen molar-refractivity contribution in [3.8, 4) is 0 Å². The van der Waals surface area contributed by atoms with Crippen molar-refractivity contribution in [1.82, 2.24) is 0 Å². The molecule has 0 radical (unpaired) electrons. The van der Waals surface area contributed by atoms with E-state index in [1.807, 2.05) is 4.90 Å². The Labute approximate surface area is 147 Å². The molecule has 0 saturated heterocycles. The molecule has 0 bridgehead atoms. The van der Waals surface area contributed by atoms with Gasteiger partial charge in [-0.25, -0.2) is 4.79 Å². The molecule has 0 fully saturated rings. The third-order valence-electron chi connectivity index (χ3n) is 3.27. The summed E-state index contributed by atoms with van der Waals surface area (Å²) >= 11 is 0. The molecule has 0 spiro atoms. The molecular formula is C17H27NO7. The monoisotopic (exact) mass is 357 g/mol. The number of esters is 1. The zero-order chi connectivity index (χ0) is 18.3. The maximum Gasteiger partial charge on any atom is 0.338 e. The van der Waals surface area contributed by atoms with Crippen LogP contribution in [-0.2, 0) is 14.2 Å². The summed E-state index contributed by atoms with van der Waals surface area (Å²) in [5.41, 5.74) is 1.30. The van der Waals surface area contributed by atoms with Crippen LogP contribution in [0.5, 0.6) is 0 Å². The van der Waals surface area contributed by atoms with Crippen molar-refractivity contribution < 1.29 is 34.3 Å². The summed E-state index contributed by atoms with van der Waals surface area (Å²) in [5, 5.41) is 26.2. The second kappa shape index (κ2) is 13.6. The second-order valence-electron chi connectivity index (χ2n) is 5.07. The van der Waals surface area contributed by atoms with Crippen LogP contribution in [0.15, 0.2) is 24.3 Å². The van der Waals surface area contributed by atoms with Gasteiger partial charge in [0.15, 0.2) is 0 Å². The van der Waals surface area contributed by atoms with E-state index in [-0.39, 0.29) is 39.6 Å². The van der Waals surface area contributed by atoms with Gasteiger partial charge in [0.2, 0.25) is 0 Å². The zero-order valence-electron chi connectivity index (χ0n) is 14.3. The highest BCUT2D eigenvalue weighted by Crippen LogP contribution is 2.16. The molecule has 0 amide bonds. The molecular weight excluding hydrogens is 330 g/mol. The second-order valence-corrected chi connectivity index (χ2v) is 5.07.